The number of nitrogens with two attached hydrogens (primary N) is 2. The first-order valence-electron chi connectivity index (χ1n) is 6.49. The van der Waals surface area contributed by atoms with Crippen LogP contribution in [0.3, 0.4) is 0 Å². The fourth-order valence-corrected chi connectivity index (χ4v) is 1.54. The van der Waals surface area contributed by atoms with Crippen LogP contribution in [0.2, 0.25) is 0 Å². The van der Waals surface area contributed by atoms with Gasteiger partial charge in [0.05, 0.1) is 5.16 Å². The van der Waals surface area contributed by atoms with E-state index in [1.165, 1.54) is 12.1 Å². The van der Waals surface area contributed by atoms with Crippen LogP contribution in [0.4, 0.5) is 24.7 Å². The second-order valence-electron chi connectivity index (χ2n) is 4.42. The molecule has 2 rings (SSSR count). The predicted molar refractivity (Wildman–Crippen MR) is 75.9 cm³/mol. The third-order valence-corrected chi connectivity index (χ3v) is 2.52. The summed E-state index contributed by atoms with van der Waals surface area (Å²) in [7, 11) is 0. The first kappa shape index (κ1) is 17.8. The molecule has 0 aliphatic rings. The number of rotatable bonds is 6. The molecule has 13 heteroatoms. The number of carbonyl (C=O) groups is 1. The molecule has 0 saturated heterocycles. The molecule has 0 aliphatic carbocycles. The summed E-state index contributed by atoms with van der Waals surface area (Å²) in [6, 6.07) is 4.54. The number of nitrogens with zero attached hydrogens (tertiary/aromatic N) is 2. The molecule has 134 valence electrons. The zero-order chi connectivity index (χ0) is 18.4. The highest BCUT2D eigenvalue weighted by Gasteiger charge is 2.30. The lowest BCUT2D eigenvalue weighted by Gasteiger charge is -2.09. The van der Waals surface area contributed by atoms with Gasteiger partial charge in [0.2, 0.25) is 5.84 Å². The fourth-order valence-electron chi connectivity index (χ4n) is 1.54. The summed E-state index contributed by atoms with van der Waals surface area (Å²) in [6.45, 7) is -0.511. The maximum Gasteiger partial charge on any atom is 0.573 e. The molecule has 2 aromatic rings. The zero-order valence-corrected chi connectivity index (χ0v) is 12.3. The highest BCUT2D eigenvalue weighted by molar-refractivity contribution is 5.98. The molecule has 0 radical (unpaired) electrons. The molecule has 0 unspecified atom stereocenters. The molecule has 0 bridgehead atoms. The van der Waals surface area contributed by atoms with Gasteiger partial charge in [-0.2, -0.15) is 0 Å². The summed E-state index contributed by atoms with van der Waals surface area (Å²) in [4.78, 5) is 16.4. The Balaban J connectivity index is 1.83. The zero-order valence-electron chi connectivity index (χ0n) is 12.3. The number of oxime groups is 1. The van der Waals surface area contributed by atoms with E-state index >= 15 is 0 Å². The van der Waals surface area contributed by atoms with Crippen LogP contribution in [-0.2, 0) is 9.63 Å². The second kappa shape index (κ2) is 7.37. The van der Waals surface area contributed by atoms with E-state index in [1.807, 2.05) is 0 Å². The molecule has 25 heavy (non-hydrogen) atoms. The number of amides is 1. The van der Waals surface area contributed by atoms with E-state index in [2.05, 4.69) is 30.2 Å². The number of H-pyrrole nitrogens is 1. The SMILES string of the molecule is NC(=NOCC(=O)Nc1ccc(OC(F)(F)F)cc1)c1no[nH+]c1N. The van der Waals surface area contributed by atoms with Gasteiger partial charge in [0.1, 0.15) is 5.75 Å². The highest BCUT2D eigenvalue weighted by Crippen LogP contribution is 2.23. The minimum atomic E-state index is -4.79. The molecule has 1 amide bonds. The van der Waals surface area contributed by atoms with Gasteiger partial charge in [-0.25, -0.2) is 0 Å². The van der Waals surface area contributed by atoms with Crippen LogP contribution in [0.25, 0.3) is 0 Å². The lowest BCUT2D eigenvalue weighted by Crippen LogP contribution is -2.21. The van der Waals surface area contributed by atoms with E-state index in [1.54, 1.807) is 0 Å². The maximum absolute atomic E-state index is 12.0. The minimum absolute atomic E-state index is 0.0145. The summed E-state index contributed by atoms with van der Waals surface area (Å²) in [5, 5.41) is 11.5. The van der Waals surface area contributed by atoms with Crippen molar-refractivity contribution in [1.82, 2.24) is 5.16 Å². The van der Waals surface area contributed by atoms with E-state index in [9.17, 15) is 18.0 Å². The fraction of sp³-hybridized carbons (Fsp3) is 0.167. The minimum Gasteiger partial charge on any atom is -0.406 e. The van der Waals surface area contributed by atoms with Gasteiger partial charge in [0.25, 0.3) is 5.91 Å². The number of nitrogen functional groups attached to an aromatic ring is 1. The van der Waals surface area contributed by atoms with Crippen LogP contribution < -0.4 is 26.7 Å². The molecule has 10 nitrogen and oxygen atoms in total. The van der Waals surface area contributed by atoms with E-state index in [0.29, 0.717) is 0 Å². The number of benzene rings is 1. The Hall–Kier alpha value is -3.51. The van der Waals surface area contributed by atoms with Crippen LogP contribution in [0.5, 0.6) is 5.75 Å². The molecular formula is C12H12F3N6O4+. The molecule has 6 N–H and O–H groups in total. The number of aromatic amines is 1. The van der Waals surface area contributed by atoms with Crippen molar-refractivity contribution in [3.8, 4) is 5.75 Å². The van der Waals surface area contributed by atoms with E-state index in [-0.39, 0.29) is 23.0 Å². The normalized spacial score (nSPS) is 11.9. The quantitative estimate of drug-likeness (QED) is 0.379. The Morgan fingerprint density at radius 2 is 2.04 bits per heavy atom. The summed E-state index contributed by atoms with van der Waals surface area (Å²) in [5.74, 6) is -1.23. The number of amidine groups is 1. The van der Waals surface area contributed by atoms with Crippen molar-refractivity contribution in [1.29, 1.82) is 0 Å². The van der Waals surface area contributed by atoms with Gasteiger partial charge in [-0.3, -0.25) is 4.79 Å². The first-order chi connectivity index (χ1) is 11.7. The number of anilines is 2. The van der Waals surface area contributed by atoms with Crippen LogP contribution in [0, 0.1) is 0 Å². The monoisotopic (exact) mass is 361 g/mol. The van der Waals surface area contributed by atoms with Crippen LogP contribution in [-0.4, -0.2) is 29.9 Å². The number of aromatic nitrogens is 2. The van der Waals surface area contributed by atoms with Crippen molar-refractivity contribution in [2.75, 3.05) is 17.7 Å². The van der Waals surface area contributed by atoms with Gasteiger partial charge in [-0.1, -0.05) is 10.3 Å². The molecule has 0 atom stereocenters. The average molecular weight is 361 g/mol. The lowest BCUT2D eigenvalue weighted by atomic mass is 10.3. The number of nitrogens with one attached hydrogen (secondary N) is 2. The Morgan fingerprint density at radius 1 is 1.36 bits per heavy atom. The van der Waals surface area contributed by atoms with Crippen molar-refractivity contribution in [2.45, 2.75) is 6.36 Å². The number of alkyl halides is 3. The number of halogens is 3. The second-order valence-corrected chi connectivity index (χ2v) is 4.42. The Morgan fingerprint density at radius 3 is 2.60 bits per heavy atom. The Bertz CT molecular complexity index is 759. The number of carbonyl (C=O) groups excluding carboxylic acids is 1. The van der Waals surface area contributed by atoms with E-state index in [0.717, 1.165) is 12.1 Å². The number of hydrogen-bond donors (Lipinski definition) is 3. The summed E-state index contributed by atoms with van der Waals surface area (Å²) >= 11 is 0. The highest BCUT2D eigenvalue weighted by atomic mass is 19.4. The predicted octanol–water partition coefficient (Wildman–Crippen LogP) is 0.245. The van der Waals surface area contributed by atoms with Crippen molar-refractivity contribution < 1.29 is 37.3 Å². The van der Waals surface area contributed by atoms with E-state index in [4.69, 9.17) is 16.3 Å². The van der Waals surface area contributed by atoms with Crippen molar-refractivity contribution in [2.24, 2.45) is 10.9 Å². The number of ether oxygens (including phenoxy) is 1. The Kier molecular flexibility index (Phi) is 5.26. The molecular weight excluding hydrogens is 349 g/mol. The van der Waals surface area contributed by atoms with Gasteiger partial charge >= 0.3 is 17.9 Å². The molecule has 1 heterocycles. The summed E-state index contributed by atoms with van der Waals surface area (Å²) in [6.07, 6.45) is -4.79. The van der Waals surface area contributed by atoms with Crippen LogP contribution >= 0.6 is 0 Å². The largest absolute Gasteiger partial charge is 0.573 e. The Labute approximate surface area is 137 Å². The van der Waals surface area contributed by atoms with Gasteiger partial charge in [-0.15, -0.1) is 17.8 Å². The van der Waals surface area contributed by atoms with Gasteiger partial charge in [0, 0.05) is 5.69 Å². The summed E-state index contributed by atoms with van der Waals surface area (Å²) in [5.41, 5.74) is 11.2. The van der Waals surface area contributed by atoms with E-state index < -0.39 is 24.6 Å². The maximum atomic E-state index is 12.0. The third kappa shape index (κ3) is 5.56. The van der Waals surface area contributed by atoms with Gasteiger partial charge < -0.3 is 26.4 Å². The smallest absolute Gasteiger partial charge is 0.406 e. The van der Waals surface area contributed by atoms with Crippen LogP contribution in [0.1, 0.15) is 5.69 Å². The van der Waals surface area contributed by atoms with Gasteiger partial charge in [-0.05, 0) is 24.3 Å². The molecule has 0 aliphatic heterocycles. The van der Waals surface area contributed by atoms with Crippen molar-refractivity contribution in [3.63, 3.8) is 0 Å². The standard InChI is InChI=1S/C12H11F3N6O4/c13-12(14,15)24-7-3-1-6(2-4-7)18-8(22)5-23-20-10(16)9-11(17)21-25-19-9/h1-4H,5H2,(H2,16,20)(H2,17,21)(H,18,22)/p+1. The first-order valence-corrected chi connectivity index (χ1v) is 6.49. The topological polar surface area (TPSA) is 152 Å². The lowest BCUT2D eigenvalue weighted by molar-refractivity contribution is -0.610. The molecule has 0 spiro atoms. The van der Waals surface area contributed by atoms with Crippen LogP contribution in [0.15, 0.2) is 34.1 Å². The van der Waals surface area contributed by atoms with Crippen molar-refractivity contribution in [3.05, 3.63) is 30.0 Å². The molecule has 0 fully saturated rings. The molecule has 1 aromatic carbocycles. The van der Waals surface area contributed by atoms with Crippen molar-refractivity contribution >= 4 is 23.2 Å². The average Bonchev–Trinajstić information content (AvgIpc) is 2.94. The molecule has 0 saturated carbocycles. The number of hydrogen-bond acceptors (Lipinski definition) is 7. The summed E-state index contributed by atoms with van der Waals surface area (Å²) < 4.78 is 44.2. The third-order valence-electron chi connectivity index (χ3n) is 2.52. The van der Waals surface area contributed by atoms with Gasteiger partial charge in [0.15, 0.2) is 6.61 Å². The molecule has 1 aromatic heterocycles.